The molecule has 4 aliphatic heterocycles. The van der Waals surface area contributed by atoms with E-state index in [4.69, 9.17) is 4.74 Å². The number of hydrogen-bond donors (Lipinski definition) is 0. The Bertz CT molecular complexity index is 782. The van der Waals surface area contributed by atoms with Crippen molar-refractivity contribution in [3.63, 3.8) is 0 Å². The molecule has 5 rings (SSSR count). The molecule has 0 aromatic rings. The lowest BCUT2D eigenvalue weighted by molar-refractivity contribution is -0.137. The molecule has 3 atom stereocenters. The fourth-order valence-electron chi connectivity index (χ4n) is 6.19. The lowest BCUT2D eigenvalue weighted by Crippen LogP contribution is -2.47. The maximum atomic E-state index is 12.9. The molecule has 1 aliphatic carbocycles. The van der Waals surface area contributed by atoms with Crippen LogP contribution in [0.1, 0.15) is 57.8 Å². The van der Waals surface area contributed by atoms with Gasteiger partial charge in [-0.3, -0.25) is 19.3 Å². The number of carbonyl (C=O) groups is 4. The van der Waals surface area contributed by atoms with Crippen LogP contribution in [0.2, 0.25) is 0 Å². The summed E-state index contributed by atoms with van der Waals surface area (Å²) in [7, 11) is 0. The zero-order valence-electron chi connectivity index (χ0n) is 18.7. The van der Waals surface area contributed by atoms with E-state index < -0.39 is 0 Å². The molecule has 0 N–H and O–H groups in total. The van der Waals surface area contributed by atoms with Gasteiger partial charge in [-0.1, -0.05) is 19.3 Å². The number of rotatable bonds is 5. The minimum atomic E-state index is -0.326. The van der Waals surface area contributed by atoms with Gasteiger partial charge in [-0.05, 0) is 31.6 Å². The Kier molecular flexibility index (Phi) is 5.99. The van der Waals surface area contributed by atoms with Crippen molar-refractivity contribution in [1.29, 1.82) is 0 Å². The zero-order chi connectivity index (χ0) is 22.2. The minimum absolute atomic E-state index is 0.0454. The Morgan fingerprint density at radius 3 is 2.44 bits per heavy atom. The summed E-state index contributed by atoms with van der Waals surface area (Å²) in [6, 6.07) is -0.220. The summed E-state index contributed by atoms with van der Waals surface area (Å²) < 4.78 is 5.63. The van der Waals surface area contributed by atoms with Crippen LogP contribution < -0.4 is 0 Å². The molecule has 0 radical (unpaired) electrons. The monoisotopic (exact) mass is 446 g/mol. The van der Waals surface area contributed by atoms with Crippen molar-refractivity contribution in [2.75, 3.05) is 39.3 Å². The number of likely N-dealkylation sites (tertiary alicyclic amines) is 3. The van der Waals surface area contributed by atoms with Crippen molar-refractivity contribution < 1.29 is 23.9 Å². The molecule has 1 unspecified atom stereocenters. The van der Waals surface area contributed by atoms with Crippen LogP contribution in [0.4, 0.5) is 4.79 Å². The third kappa shape index (κ3) is 4.18. The number of nitrogens with zero attached hydrogens (tertiary/aromatic N) is 4. The highest BCUT2D eigenvalue weighted by atomic mass is 16.6. The molecule has 5 fully saturated rings. The Balaban J connectivity index is 1.16. The highest BCUT2D eigenvalue weighted by molar-refractivity contribution is 5.86. The Hall–Kier alpha value is -2.32. The standard InChI is InChI=1S/C23H34N4O5/c28-20-7-4-9-24(20)15-22(30)25-10-8-17(12-25)27-18-13-26(14-19(18)32-23(27)31)21(29)11-16-5-2-1-3-6-16/h16-19H,1-15H2/t17?,18-,19+/m1/s1. The second-order valence-electron chi connectivity index (χ2n) is 10.1. The summed E-state index contributed by atoms with van der Waals surface area (Å²) in [5.74, 6) is 0.666. The number of ether oxygens (including phenoxy) is 1. The van der Waals surface area contributed by atoms with Gasteiger partial charge in [0.2, 0.25) is 17.7 Å². The third-order valence-corrected chi connectivity index (χ3v) is 8.00. The van der Waals surface area contributed by atoms with E-state index in [1.807, 2.05) is 4.90 Å². The molecule has 9 heteroatoms. The molecule has 4 heterocycles. The maximum absolute atomic E-state index is 12.9. The van der Waals surface area contributed by atoms with Crippen LogP contribution in [0.25, 0.3) is 0 Å². The second kappa shape index (κ2) is 8.90. The highest BCUT2D eigenvalue weighted by Gasteiger charge is 2.52. The summed E-state index contributed by atoms with van der Waals surface area (Å²) in [5.41, 5.74) is 0. The van der Waals surface area contributed by atoms with Crippen LogP contribution in [0.5, 0.6) is 0 Å². The summed E-state index contributed by atoms with van der Waals surface area (Å²) in [6.45, 7) is 2.83. The normalized spacial score (nSPS) is 30.9. The molecule has 32 heavy (non-hydrogen) atoms. The number of hydrogen-bond acceptors (Lipinski definition) is 5. The lowest BCUT2D eigenvalue weighted by Gasteiger charge is -2.29. The van der Waals surface area contributed by atoms with Gasteiger partial charge in [0.1, 0.15) is 6.10 Å². The summed E-state index contributed by atoms with van der Waals surface area (Å²) in [6.07, 6.45) is 8.04. The summed E-state index contributed by atoms with van der Waals surface area (Å²) in [4.78, 5) is 57.1. The van der Waals surface area contributed by atoms with Crippen LogP contribution >= 0.6 is 0 Å². The molecule has 176 valence electrons. The lowest BCUT2D eigenvalue weighted by atomic mass is 9.87. The van der Waals surface area contributed by atoms with Crippen LogP contribution in [0.15, 0.2) is 0 Å². The first-order chi connectivity index (χ1) is 15.5. The first-order valence-electron chi connectivity index (χ1n) is 12.3. The summed E-state index contributed by atoms with van der Waals surface area (Å²) >= 11 is 0. The van der Waals surface area contributed by atoms with Crippen LogP contribution in [-0.2, 0) is 19.1 Å². The van der Waals surface area contributed by atoms with Gasteiger partial charge >= 0.3 is 6.09 Å². The fourth-order valence-corrected chi connectivity index (χ4v) is 6.19. The van der Waals surface area contributed by atoms with Gasteiger partial charge in [0.15, 0.2) is 0 Å². The van der Waals surface area contributed by atoms with E-state index in [1.54, 1.807) is 14.7 Å². The molecule has 4 amide bonds. The first-order valence-corrected chi connectivity index (χ1v) is 12.3. The predicted molar refractivity (Wildman–Crippen MR) is 114 cm³/mol. The zero-order valence-corrected chi connectivity index (χ0v) is 18.7. The molecule has 9 nitrogen and oxygen atoms in total. The van der Waals surface area contributed by atoms with Crippen LogP contribution in [-0.4, -0.2) is 101 Å². The van der Waals surface area contributed by atoms with E-state index in [-0.39, 0.29) is 48.5 Å². The number of amides is 4. The van der Waals surface area contributed by atoms with E-state index in [9.17, 15) is 19.2 Å². The maximum Gasteiger partial charge on any atom is 0.410 e. The Labute approximate surface area is 189 Å². The van der Waals surface area contributed by atoms with Gasteiger partial charge < -0.3 is 19.4 Å². The van der Waals surface area contributed by atoms with Crippen LogP contribution in [0, 0.1) is 5.92 Å². The smallest absolute Gasteiger partial charge is 0.410 e. The van der Waals surface area contributed by atoms with Crippen molar-refractivity contribution in [2.45, 2.75) is 76.0 Å². The SMILES string of the molecule is O=C1CCCN1CC(=O)N1CCC(N2C(=O)O[C@H]3CN(C(=O)CC4CCCCC4)C[C@H]32)C1. The average Bonchev–Trinajstić information content (AvgIpc) is 3.54. The molecule has 0 spiro atoms. The van der Waals surface area contributed by atoms with Gasteiger partial charge in [-0.25, -0.2) is 4.79 Å². The largest absolute Gasteiger partial charge is 0.442 e. The van der Waals surface area contributed by atoms with E-state index in [0.29, 0.717) is 57.9 Å². The molecule has 4 saturated heterocycles. The Morgan fingerprint density at radius 2 is 1.69 bits per heavy atom. The second-order valence-corrected chi connectivity index (χ2v) is 10.1. The van der Waals surface area contributed by atoms with Gasteiger partial charge in [-0.2, -0.15) is 0 Å². The van der Waals surface area contributed by atoms with Crippen molar-refractivity contribution in [1.82, 2.24) is 19.6 Å². The molecule has 5 aliphatic rings. The first kappa shape index (κ1) is 21.5. The van der Waals surface area contributed by atoms with Gasteiger partial charge in [0.25, 0.3) is 0 Å². The molecular weight excluding hydrogens is 412 g/mol. The van der Waals surface area contributed by atoms with Gasteiger partial charge in [-0.15, -0.1) is 0 Å². The average molecular weight is 447 g/mol. The minimum Gasteiger partial charge on any atom is -0.442 e. The van der Waals surface area contributed by atoms with E-state index in [0.717, 1.165) is 19.3 Å². The number of carbonyl (C=O) groups excluding carboxylic acids is 4. The topological polar surface area (TPSA) is 90.5 Å². The Morgan fingerprint density at radius 1 is 0.875 bits per heavy atom. The van der Waals surface area contributed by atoms with Crippen molar-refractivity contribution in [2.24, 2.45) is 5.92 Å². The van der Waals surface area contributed by atoms with Crippen molar-refractivity contribution >= 4 is 23.8 Å². The van der Waals surface area contributed by atoms with E-state index >= 15 is 0 Å². The molecular formula is C23H34N4O5. The van der Waals surface area contributed by atoms with E-state index in [2.05, 4.69) is 0 Å². The molecule has 1 saturated carbocycles. The van der Waals surface area contributed by atoms with Crippen molar-refractivity contribution in [3.05, 3.63) is 0 Å². The van der Waals surface area contributed by atoms with Crippen LogP contribution in [0.3, 0.4) is 0 Å². The van der Waals surface area contributed by atoms with Gasteiger partial charge in [0, 0.05) is 39.0 Å². The quantitative estimate of drug-likeness (QED) is 0.633. The summed E-state index contributed by atoms with van der Waals surface area (Å²) in [5, 5.41) is 0. The highest BCUT2D eigenvalue weighted by Crippen LogP contribution is 2.33. The number of fused-ring (bicyclic) bond motifs is 1. The van der Waals surface area contributed by atoms with E-state index in [1.165, 1.54) is 19.3 Å². The fraction of sp³-hybridized carbons (Fsp3) is 0.826. The molecule has 0 bridgehead atoms. The predicted octanol–water partition coefficient (Wildman–Crippen LogP) is 1.21. The third-order valence-electron chi connectivity index (χ3n) is 8.00. The molecule has 0 aromatic carbocycles. The molecule has 0 aromatic heterocycles. The van der Waals surface area contributed by atoms with Gasteiger partial charge in [0.05, 0.1) is 25.2 Å². The van der Waals surface area contributed by atoms with Crippen molar-refractivity contribution in [3.8, 4) is 0 Å².